The molecule has 0 unspecified atom stereocenters. The number of anilines is 1. The first-order chi connectivity index (χ1) is 26.7. The van der Waals surface area contributed by atoms with Crippen LogP contribution in [0.4, 0.5) is 10.1 Å². The predicted molar refractivity (Wildman–Crippen MR) is 195 cm³/mol. The van der Waals surface area contributed by atoms with Gasteiger partial charge in [0.15, 0.2) is 17.7 Å². The smallest absolute Gasteiger partial charge is 0.872 e. The SMILES string of the molecule is CCn1cc(C(=O)[O-])c(=O)c2cc(F)c(N3CCN(CCOC(=S)SCC4=C(C(=O)[O-])N5C(=O)[C@@H](NC(=O)Cc6ccc([O-])cc6C(=O)O)[C@H]5OC4)CC3)cc21.[Na+].[Na+].[Na+]. The van der Waals surface area contributed by atoms with Gasteiger partial charge in [0.05, 0.1) is 53.0 Å². The number of carboxylic acids is 3. The van der Waals surface area contributed by atoms with E-state index in [0.29, 0.717) is 44.8 Å². The van der Waals surface area contributed by atoms with E-state index in [1.807, 2.05) is 4.90 Å². The summed E-state index contributed by atoms with van der Waals surface area (Å²) in [6, 6.07) is 4.58. The molecule has 3 aliphatic rings. The number of carbonyl (C=O) groups is 5. The molecule has 2 amide bonds. The molecule has 2 N–H and O–H groups in total. The fraction of sp³-hybridized carbons (Fsp3) is 0.361. The number of hydrogen-bond donors (Lipinski definition) is 2. The minimum Gasteiger partial charge on any atom is -0.872 e. The van der Waals surface area contributed by atoms with Crippen molar-refractivity contribution in [2.75, 3.05) is 56.6 Å². The van der Waals surface area contributed by atoms with Gasteiger partial charge >= 0.3 is 94.6 Å². The maximum Gasteiger partial charge on any atom is 1.00 e. The molecular formula is C36H33FN5Na3O12S2. The number of aromatic nitrogens is 1. The molecule has 0 radical (unpaired) electrons. The third kappa shape index (κ3) is 11.3. The van der Waals surface area contributed by atoms with Gasteiger partial charge in [0.25, 0.3) is 5.91 Å². The summed E-state index contributed by atoms with van der Waals surface area (Å²) < 4.78 is 28.3. The molecule has 4 heterocycles. The molecule has 3 aromatic rings. The predicted octanol–water partition coefficient (Wildman–Crippen LogP) is -10.6. The zero-order valence-corrected chi connectivity index (χ0v) is 40.2. The Labute approximate surface area is 412 Å². The van der Waals surface area contributed by atoms with Crippen LogP contribution in [0.3, 0.4) is 0 Å². The van der Waals surface area contributed by atoms with Crippen molar-refractivity contribution >= 4 is 74.7 Å². The maximum atomic E-state index is 15.2. The number of nitrogens with one attached hydrogen (secondary N) is 1. The minimum atomic E-state index is -1.63. The van der Waals surface area contributed by atoms with E-state index in [0.717, 1.165) is 34.9 Å². The second-order valence-electron chi connectivity index (χ2n) is 13.0. The van der Waals surface area contributed by atoms with Crippen LogP contribution in [0.25, 0.3) is 10.9 Å². The fourth-order valence-electron chi connectivity index (χ4n) is 6.80. The largest absolute Gasteiger partial charge is 1.00 e. The van der Waals surface area contributed by atoms with Crippen LogP contribution < -0.4 is 120 Å². The van der Waals surface area contributed by atoms with Crippen molar-refractivity contribution in [2.45, 2.75) is 32.2 Å². The molecule has 59 heavy (non-hydrogen) atoms. The zero-order chi connectivity index (χ0) is 40.4. The number of nitrogens with zero attached hydrogens (tertiary/aromatic N) is 4. The molecule has 0 saturated carbocycles. The number of halogens is 1. The van der Waals surface area contributed by atoms with E-state index in [1.165, 1.54) is 12.3 Å². The number of thiocarbonyl (C=S) groups is 1. The van der Waals surface area contributed by atoms with Crippen LogP contribution in [0.5, 0.6) is 5.75 Å². The Hall–Kier alpha value is -2.57. The summed E-state index contributed by atoms with van der Waals surface area (Å²) in [5.74, 6) is -7.36. The summed E-state index contributed by atoms with van der Waals surface area (Å²) in [5, 5.41) is 46.9. The quantitative estimate of drug-likeness (QED) is 0.0922. The van der Waals surface area contributed by atoms with E-state index < -0.39 is 76.7 Å². The molecular weight excluding hydrogens is 847 g/mol. The molecule has 2 atom stereocenters. The maximum absolute atomic E-state index is 15.2. The number of pyridine rings is 1. The first-order valence-electron chi connectivity index (χ1n) is 17.2. The number of β-lactam (4-membered cyclic amide) rings is 1. The number of hydrogen-bond acceptors (Lipinski definition) is 15. The molecule has 0 bridgehead atoms. The molecule has 2 fully saturated rings. The number of ether oxygens (including phenoxy) is 2. The van der Waals surface area contributed by atoms with E-state index in [-0.39, 0.29) is 140 Å². The Kier molecular flexibility index (Phi) is 18.9. The Balaban J connectivity index is 0.00000310. The Morgan fingerprint density at radius 1 is 1.03 bits per heavy atom. The summed E-state index contributed by atoms with van der Waals surface area (Å²) in [5.41, 5.74) is -1.15. The minimum absolute atomic E-state index is 0. The van der Waals surface area contributed by atoms with Crippen molar-refractivity contribution in [2.24, 2.45) is 0 Å². The summed E-state index contributed by atoms with van der Waals surface area (Å²) in [7, 11) is 0. The van der Waals surface area contributed by atoms with Crippen LogP contribution in [-0.2, 0) is 36.8 Å². The van der Waals surface area contributed by atoms with E-state index in [2.05, 4.69) is 10.2 Å². The Bertz CT molecular complexity index is 2260. The van der Waals surface area contributed by atoms with Crippen molar-refractivity contribution in [1.29, 1.82) is 0 Å². The number of aryl methyl sites for hydroxylation is 1. The monoisotopic (exact) mass is 879 g/mol. The van der Waals surface area contributed by atoms with E-state index >= 15 is 4.39 Å². The summed E-state index contributed by atoms with van der Waals surface area (Å²) in [4.78, 5) is 78.2. The number of benzene rings is 2. The van der Waals surface area contributed by atoms with Crippen molar-refractivity contribution in [3.05, 3.63) is 80.5 Å². The van der Waals surface area contributed by atoms with Gasteiger partial charge in [-0.1, -0.05) is 30.0 Å². The molecule has 296 valence electrons. The van der Waals surface area contributed by atoms with Crippen molar-refractivity contribution < 1.29 is 147 Å². The molecule has 17 nitrogen and oxygen atoms in total. The van der Waals surface area contributed by atoms with Crippen LogP contribution in [0.2, 0.25) is 0 Å². The average Bonchev–Trinajstić information content (AvgIpc) is 3.16. The van der Waals surface area contributed by atoms with Crippen molar-refractivity contribution in [3.8, 4) is 5.75 Å². The van der Waals surface area contributed by atoms with Crippen LogP contribution in [0.15, 0.2) is 52.6 Å². The molecule has 0 spiro atoms. The van der Waals surface area contributed by atoms with Gasteiger partial charge in [-0.3, -0.25) is 24.2 Å². The van der Waals surface area contributed by atoms with Gasteiger partial charge in [0, 0.05) is 56.6 Å². The van der Waals surface area contributed by atoms with Gasteiger partial charge in [-0.25, -0.2) is 9.18 Å². The first-order valence-corrected chi connectivity index (χ1v) is 18.6. The third-order valence-corrected chi connectivity index (χ3v) is 11.0. The molecule has 2 aromatic carbocycles. The Morgan fingerprint density at radius 2 is 1.73 bits per heavy atom. The standard InChI is InChI=1S/C36H36FN5O12S2.3Na/c1-2-40-15-23(34(49)50)30(45)22-13-24(37)26(14-25(22)40)41-7-5-39(6-8-41)9-10-53-36(55)56-17-19-16-54-32-28(31(46)42(32)29(19)35(51)52)38-27(44)11-18-3-4-20(43)12-21(18)33(47)48;;;/h3-4,12-15,28,32,43H,2,5-11,16-17H2,1H3,(H,38,44)(H,47,48)(H,49,50)(H,51,52);;;/q;3*+1/p-3/t28-,32-;;;/m1.../s1. The van der Waals surface area contributed by atoms with Crippen LogP contribution in [0, 0.1) is 5.82 Å². The molecule has 0 aliphatic carbocycles. The van der Waals surface area contributed by atoms with Crippen molar-refractivity contribution in [1.82, 2.24) is 19.7 Å². The summed E-state index contributed by atoms with van der Waals surface area (Å²) in [6.45, 7) is 4.60. The van der Waals surface area contributed by atoms with Crippen LogP contribution in [0.1, 0.15) is 33.2 Å². The molecule has 1 aromatic heterocycles. The topological polar surface area (TPSA) is 237 Å². The van der Waals surface area contributed by atoms with Crippen LogP contribution in [-0.4, -0.2) is 118 Å². The molecule has 23 heteroatoms. The fourth-order valence-corrected chi connectivity index (χ4v) is 7.73. The number of aromatic carboxylic acids is 2. The number of aliphatic carboxylic acids is 1. The molecule has 2 saturated heterocycles. The first kappa shape index (κ1) is 50.8. The van der Waals surface area contributed by atoms with Gasteiger partial charge in [-0.2, -0.15) is 0 Å². The number of piperazine rings is 1. The second-order valence-corrected chi connectivity index (χ2v) is 14.6. The van der Waals surface area contributed by atoms with Gasteiger partial charge in [0.1, 0.15) is 12.4 Å². The number of amides is 2. The number of fused-ring (bicyclic) bond motifs is 2. The number of carbonyl (C=O) groups excluding carboxylic acids is 4. The Morgan fingerprint density at radius 3 is 2.36 bits per heavy atom. The summed E-state index contributed by atoms with van der Waals surface area (Å²) >= 11 is 6.34. The average molecular weight is 880 g/mol. The van der Waals surface area contributed by atoms with Gasteiger partial charge in [-0.15, -0.1) is 5.75 Å². The molecule has 6 rings (SSSR count). The second kappa shape index (κ2) is 22.0. The van der Waals surface area contributed by atoms with E-state index in [9.17, 15) is 49.2 Å². The van der Waals surface area contributed by atoms with E-state index in [4.69, 9.17) is 21.7 Å². The van der Waals surface area contributed by atoms with Gasteiger partial charge in [-0.05, 0) is 42.4 Å². The van der Waals surface area contributed by atoms with Gasteiger partial charge in [0.2, 0.25) is 10.3 Å². The van der Waals surface area contributed by atoms with Crippen molar-refractivity contribution in [3.63, 3.8) is 0 Å². The van der Waals surface area contributed by atoms with Gasteiger partial charge < -0.3 is 54.3 Å². The summed E-state index contributed by atoms with van der Waals surface area (Å²) in [6.07, 6.45) is -0.388. The number of carboxylic acid groups (broad SMARTS) is 3. The number of thioether (sulfide) groups is 1. The van der Waals surface area contributed by atoms with E-state index in [1.54, 1.807) is 17.6 Å². The zero-order valence-electron chi connectivity index (χ0n) is 32.6. The normalized spacial score (nSPS) is 17.4. The number of rotatable bonds is 13. The third-order valence-electron chi connectivity index (χ3n) is 9.63. The van der Waals surface area contributed by atoms with Crippen LogP contribution >= 0.6 is 24.0 Å². The molecule has 3 aliphatic heterocycles.